The summed E-state index contributed by atoms with van der Waals surface area (Å²) >= 11 is 0. The number of hydrogen-bond acceptors (Lipinski definition) is 3. The number of rotatable bonds is 3. The van der Waals surface area contributed by atoms with Crippen LogP contribution in [-0.4, -0.2) is 29.5 Å². The quantitative estimate of drug-likeness (QED) is 0.815. The molecule has 2 N–H and O–H groups in total. The van der Waals surface area contributed by atoms with Gasteiger partial charge in [-0.05, 0) is 44.0 Å². The molecule has 1 aliphatic heterocycles. The van der Waals surface area contributed by atoms with Gasteiger partial charge in [-0.1, -0.05) is 0 Å². The molecule has 0 spiro atoms. The zero-order valence-electron chi connectivity index (χ0n) is 10.1. The molecule has 2 rings (SSSR count). The summed E-state index contributed by atoms with van der Waals surface area (Å²) in [6.45, 7) is 3.18. The molecule has 1 aliphatic rings. The van der Waals surface area contributed by atoms with Gasteiger partial charge in [0.05, 0.1) is 6.42 Å². The molecule has 0 aromatic carbocycles. The lowest BCUT2D eigenvalue weighted by atomic mass is 9.99. The van der Waals surface area contributed by atoms with Crippen molar-refractivity contribution in [3.8, 4) is 0 Å². The van der Waals surface area contributed by atoms with Crippen molar-refractivity contribution < 1.29 is 4.79 Å². The van der Waals surface area contributed by atoms with E-state index in [1.54, 1.807) is 12.4 Å². The van der Waals surface area contributed by atoms with E-state index in [1.165, 1.54) is 0 Å². The van der Waals surface area contributed by atoms with E-state index < -0.39 is 0 Å². The van der Waals surface area contributed by atoms with E-state index in [2.05, 4.69) is 22.5 Å². The fraction of sp³-hybridized carbons (Fsp3) is 0.538. The van der Waals surface area contributed by atoms with Crippen molar-refractivity contribution in [2.45, 2.75) is 38.3 Å². The summed E-state index contributed by atoms with van der Waals surface area (Å²) in [4.78, 5) is 15.8. The first-order chi connectivity index (χ1) is 8.25. The largest absolute Gasteiger partial charge is 0.352 e. The molecular weight excluding hydrogens is 214 g/mol. The molecule has 0 radical (unpaired) electrons. The Morgan fingerprint density at radius 1 is 1.53 bits per heavy atom. The van der Waals surface area contributed by atoms with E-state index in [1.807, 2.05) is 12.1 Å². The molecule has 92 valence electrons. The maximum Gasteiger partial charge on any atom is 0.224 e. The van der Waals surface area contributed by atoms with E-state index in [-0.39, 0.29) is 11.9 Å². The van der Waals surface area contributed by atoms with Crippen molar-refractivity contribution in [3.63, 3.8) is 0 Å². The predicted octanol–water partition coefficient (Wildman–Crippen LogP) is 0.881. The van der Waals surface area contributed by atoms with Gasteiger partial charge in [-0.25, -0.2) is 0 Å². The van der Waals surface area contributed by atoms with Crippen molar-refractivity contribution in [1.82, 2.24) is 15.6 Å². The zero-order valence-corrected chi connectivity index (χ0v) is 10.1. The average molecular weight is 233 g/mol. The van der Waals surface area contributed by atoms with Crippen molar-refractivity contribution in [2.24, 2.45) is 0 Å². The second-order valence-corrected chi connectivity index (χ2v) is 4.59. The number of nitrogens with one attached hydrogen (secondary N) is 2. The lowest BCUT2D eigenvalue weighted by Gasteiger charge is -2.30. The summed E-state index contributed by atoms with van der Waals surface area (Å²) in [5.74, 6) is 0.0942. The summed E-state index contributed by atoms with van der Waals surface area (Å²) in [7, 11) is 0. The predicted molar refractivity (Wildman–Crippen MR) is 66.6 cm³/mol. The highest BCUT2D eigenvalue weighted by Crippen LogP contribution is 2.08. The van der Waals surface area contributed by atoms with Crippen LogP contribution in [0.1, 0.15) is 25.3 Å². The fourth-order valence-electron chi connectivity index (χ4n) is 2.18. The number of aromatic nitrogens is 1. The Morgan fingerprint density at radius 2 is 2.29 bits per heavy atom. The highest BCUT2D eigenvalue weighted by molar-refractivity contribution is 5.78. The Kier molecular flexibility index (Phi) is 4.09. The van der Waals surface area contributed by atoms with E-state index in [0.29, 0.717) is 12.5 Å². The van der Waals surface area contributed by atoms with Crippen molar-refractivity contribution in [3.05, 3.63) is 30.1 Å². The topological polar surface area (TPSA) is 54.0 Å². The number of carbonyl (C=O) groups excluding carboxylic acids is 1. The summed E-state index contributed by atoms with van der Waals surface area (Å²) in [6.07, 6.45) is 6.06. The minimum absolute atomic E-state index is 0.0942. The third-order valence-electron chi connectivity index (χ3n) is 3.22. The first-order valence-electron chi connectivity index (χ1n) is 6.17. The van der Waals surface area contributed by atoms with Gasteiger partial charge in [-0.3, -0.25) is 9.78 Å². The molecule has 0 aliphatic carbocycles. The number of piperidine rings is 1. The van der Waals surface area contributed by atoms with E-state index >= 15 is 0 Å². The molecule has 4 nitrogen and oxygen atoms in total. The molecular formula is C13H19N3O. The zero-order chi connectivity index (χ0) is 12.1. The van der Waals surface area contributed by atoms with Crippen molar-refractivity contribution in [2.75, 3.05) is 6.54 Å². The third-order valence-corrected chi connectivity index (χ3v) is 3.22. The second kappa shape index (κ2) is 5.77. The van der Waals surface area contributed by atoms with Gasteiger partial charge < -0.3 is 10.6 Å². The minimum atomic E-state index is 0.0942. The molecule has 0 saturated carbocycles. The minimum Gasteiger partial charge on any atom is -0.352 e. The van der Waals surface area contributed by atoms with Gasteiger partial charge in [-0.15, -0.1) is 0 Å². The van der Waals surface area contributed by atoms with E-state index in [4.69, 9.17) is 0 Å². The molecule has 2 atom stereocenters. The van der Waals surface area contributed by atoms with Crippen LogP contribution in [0.25, 0.3) is 0 Å². The Bertz CT molecular complexity index is 366. The molecule has 0 bridgehead atoms. The van der Waals surface area contributed by atoms with Crippen molar-refractivity contribution in [1.29, 1.82) is 0 Å². The third kappa shape index (κ3) is 3.53. The molecule has 1 amide bonds. The molecule has 2 heterocycles. The second-order valence-electron chi connectivity index (χ2n) is 4.59. The van der Waals surface area contributed by atoms with Gasteiger partial charge in [0, 0.05) is 24.5 Å². The van der Waals surface area contributed by atoms with Gasteiger partial charge in [-0.2, -0.15) is 0 Å². The number of carbonyl (C=O) groups is 1. The number of nitrogens with zero attached hydrogens (tertiary/aromatic N) is 1. The Balaban J connectivity index is 1.84. The van der Waals surface area contributed by atoms with Crippen LogP contribution in [0.15, 0.2) is 24.5 Å². The summed E-state index contributed by atoms with van der Waals surface area (Å²) < 4.78 is 0. The highest BCUT2D eigenvalue weighted by atomic mass is 16.1. The normalized spacial score (nSPS) is 24.3. The molecule has 1 fully saturated rings. The molecule has 4 heteroatoms. The van der Waals surface area contributed by atoms with Gasteiger partial charge in [0.15, 0.2) is 0 Å². The van der Waals surface area contributed by atoms with Crippen LogP contribution in [0.5, 0.6) is 0 Å². The van der Waals surface area contributed by atoms with Crippen LogP contribution in [0.2, 0.25) is 0 Å². The lowest BCUT2D eigenvalue weighted by Crippen LogP contribution is -2.52. The van der Waals surface area contributed by atoms with Crippen LogP contribution >= 0.6 is 0 Å². The van der Waals surface area contributed by atoms with Gasteiger partial charge in [0.2, 0.25) is 5.91 Å². The number of hydrogen-bond donors (Lipinski definition) is 2. The maximum absolute atomic E-state index is 11.9. The van der Waals surface area contributed by atoms with Gasteiger partial charge in [0.25, 0.3) is 0 Å². The summed E-state index contributed by atoms with van der Waals surface area (Å²) in [5, 5.41) is 6.47. The lowest BCUT2D eigenvalue weighted by molar-refractivity contribution is -0.121. The van der Waals surface area contributed by atoms with Crippen LogP contribution in [0.4, 0.5) is 0 Å². The molecule has 17 heavy (non-hydrogen) atoms. The Labute approximate surface area is 102 Å². The van der Waals surface area contributed by atoms with Crippen molar-refractivity contribution >= 4 is 5.91 Å². The Morgan fingerprint density at radius 3 is 3.00 bits per heavy atom. The highest BCUT2D eigenvalue weighted by Gasteiger charge is 2.22. The van der Waals surface area contributed by atoms with Crippen LogP contribution in [-0.2, 0) is 11.2 Å². The van der Waals surface area contributed by atoms with Crippen LogP contribution in [0.3, 0.4) is 0 Å². The average Bonchev–Trinajstić information content (AvgIpc) is 2.33. The van der Waals surface area contributed by atoms with Gasteiger partial charge >= 0.3 is 0 Å². The summed E-state index contributed by atoms with van der Waals surface area (Å²) in [5.41, 5.74) is 1.01. The smallest absolute Gasteiger partial charge is 0.224 e. The molecule has 1 aromatic heterocycles. The standard InChI is InChI=1S/C13H19N3O/c1-10-12(3-2-6-15-10)16-13(17)9-11-4-7-14-8-5-11/h4-5,7-8,10,12,15H,2-3,6,9H2,1H3,(H,16,17). The Hall–Kier alpha value is -1.42. The molecule has 1 saturated heterocycles. The van der Waals surface area contributed by atoms with E-state index in [9.17, 15) is 4.79 Å². The molecule has 2 unspecified atom stereocenters. The number of pyridine rings is 1. The van der Waals surface area contributed by atoms with Crippen LogP contribution in [0, 0.1) is 0 Å². The van der Waals surface area contributed by atoms with Gasteiger partial charge in [0.1, 0.15) is 0 Å². The first-order valence-corrected chi connectivity index (χ1v) is 6.17. The number of amides is 1. The van der Waals surface area contributed by atoms with Crippen LogP contribution < -0.4 is 10.6 Å². The summed E-state index contributed by atoms with van der Waals surface area (Å²) in [6, 6.07) is 4.38. The fourth-order valence-corrected chi connectivity index (χ4v) is 2.18. The van der Waals surface area contributed by atoms with E-state index in [0.717, 1.165) is 24.9 Å². The monoisotopic (exact) mass is 233 g/mol. The SMILES string of the molecule is CC1NCCCC1NC(=O)Cc1ccncc1. The molecule has 1 aromatic rings. The maximum atomic E-state index is 11.9. The first kappa shape index (κ1) is 12.0.